The number of non-ortho nitro benzene ring substituents is 1. The molecule has 3 aromatic carbocycles. The van der Waals surface area contributed by atoms with Gasteiger partial charge in [-0.1, -0.05) is 36.4 Å². The first-order chi connectivity index (χ1) is 28.0. The quantitative estimate of drug-likeness (QED) is 0.0725. The van der Waals surface area contributed by atoms with E-state index in [1.54, 1.807) is 36.4 Å². The molecular formula is C39H40N4O16. The van der Waals surface area contributed by atoms with Crippen LogP contribution in [0.1, 0.15) is 58.1 Å². The molecule has 1 unspecified atom stereocenters. The first-order valence-electron chi connectivity index (χ1n) is 17.9. The zero-order valence-corrected chi connectivity index (χ0v) is 31.6. The van der Waals surface area contributed by atoms with Gasteiger partial charge in [0, 0.05) is 25.3 Å². The SMILES string of the molecule is CC(=O)OC1O[C@H]([C@@H](C)OC(=O)c2ccc([N+](=O)[O-])cc2)[C@@H](OC(=O)c2ccccc2)[C@H]1OC(=O)c1ccccc1.C[C@@H](O)[C@H]1O[C@@H](n2ccc(N)nc2=O)[C@H](O)[C@@H]1O. The molecule has 10 atom stereocenters. The van der Waals surface area contributed by atoms with Crippen LogP contribution in [0.15, 0.2) is 102 Å². The van der Waals surface area contributed by atoms with Crippen molar-refractivity contribution in [3.63, 3.8) is 0 Å². The summed E-state index contributed by atoms with van der Waals surface area (Å²) in [5.41, 5.74) is 4.82. The standard InChI is InChI=1S/C29H25NO11.C10H15N3O5/c1-17(37-26(32)21-13-15-22(16-14-21)30(35)36)23-24(39-27(33)19-9-5-3-6-10-19)25(29(41-23)38-18(2)31)40-28(34)20-11-7-4-8-12-20;1-4(14)8-6(15)7(16)9(18-8)13-3-2-5(11)12-10(13)17/h3-17,23-25,29H,1-2H3;2-4,6-9,14-16H,1H3,(H2,11,12,17)/t17-,23-,24-,25-,29?;4-,6+,7-,8-,9-/m11/s1. The number of hydrogen-bond acceptors (Lipinski definition) is 18. The number of aliphatic hydroxyl groups is 3. The number of hydrogen-bond donors (Lipinski definition) is 4. The molecule has 20 nitrogen and oxygen atoms in total. The van der Waals surface area contributed by atoms with Crippen molar-refractivity contribution in [3.8, 4) is 0 Å². The van der Waals surface area contributed by atoms with Crippen molar-refractivity contribution in [1.82, 2.24) is 9.55 Å². The van der Waals surface area contributed by atoms with Crippen LogP contribution in [0.25, 0.3) is 0 Å². The number of nitrogen functional groups attached to an aromatic ring is 1. The molecule has 0 radical (unpaired) electrons. The Kier molecular flexibility index (Phi) is 14.2. The van der Waals surface area contributed by atoms with Crippen molar-refractivity contribution in [1.29, 1.82) is 0 Å². The molecule has 1 aromatic heterocycles. The Morgan fingerprint density at radius 2 is 1.32 bits per heavy atom. The van der Waals surface area contributed by atoms with E-state index in [0.717, 1.165) is 23.6 Å². The van der Waals surface area contributed by atoms with E-state index in [1.807, 2.05) is 0 Å². The van der Waals surface area contributed by atoms with Crippen LogP contribution >= 0.6 is 0 Å². The summed E-state index contributed by atoms with van der Waals surface area (Å²) in [7, 11) is 0. The van der Waals surface area contributed by atoms with E-state index in [0.29, 0.717) is 0 Å². The average molecular weight is 821 g/mol. The third-order valence-electron chi connectivity index (χ3n) is 8.94. The van der Waals surface area contributed by atoms with Gasteiger partial charge in [0.1, 0.15) is 36.3 Å². The molecule has 4 aromatic rings. The summed E-state index contributed by atoms with van der Waals surface area (Å²) in [6, 6.07) is 22.1. The van der Waals surface area contributed by atoms with Gasteiger partial charge in [-0.15, -0.1) is 0 Å². The summed E-state index contributed by atoms with van der Waals surface area (Å²) >= 11 is 0. The van der Waals surface area contributed by atoms with E-state index >= 15 is 0 Å². The second kappa shape index (κ2) is 19.2. The van der Waals surface area contributed by atoms with Gasteiger partial charge < -0.3 is 49.5 Å². The molecule has 312 valence electrons. The highest BCUT2D eigenvalue weighted by atomic mass is 16.8. The van der Waals surface area contributed by atoms with E-state index in [9.17, 15) is 49.4 Å². The van der Waals surface area contributed by atoms with Gasteiger partial charge in [-0.2, -0.15) is 4.98 Å². The van der Waals surface area contributed by atoms with Crippen LogP contribution in [-0.4, -0.2) is 109 Å². The van der Waals surface area contributed by atoms with Gasteiger partial charge in [0.15, 0.2) is 12.3 Å². The van der Waals surface area contributed by atoms with Gasteiger partial charge in [-0.3, -0.25) is 19.5 Å². The predicted octanol–water partition coefficient (Wildman–Crippen LogP) is 1.70. The maximum atomic E-state index is 13.0. The lowest BCUT2D eigenvalue weighted by atomic mass is 10.1. The number of nitrogens with zero attached hydrogens (tertiary/aromatic N) is 3. The Bertz CT molecular complexity index is 2170. The largest absolute Gasteiger partial charge is 0.456 e. The Morgan fingerprint density at radius 3 is 1.81 bits per heavy atom. The third-order valence-corrected chi connectivity index (χ3v) is 8.94. The van der Waals surface area contributed by atoms with E-state index in [1.165, 1.54) is 62.5 Å². The van der Waals surface area contributed by atoms with Crippen LogP contribution in [0.5, 0.6) is 0 Å². The number of carbonyl (C=O) groups excluding carboxylic acids is 4. The van der Waals surface area contributed by atoms with Crippen LogP contribution in [-0.2, 0) is 33.2 Å². The topological polar surface area (TPSA) is 288 Å². The Morgan fingerprint density at radius 1 is 0.780 bits per heavy atom. The Hall–Kier alpha value is -6.58. The molecule has 0 aliphatic carbocycles. The second-order valence-electron chi connectivity index (χ2n) is 13.2. The van der Waals surface area contributed by atoms with Crippen molar-refractivity contribution in [2.75, 3.05) is 5.73 Å². The van der Waals surface area contributed by atoms with Crippen molar-refractivity contribution in [3.05, 3.63) is 134 Å². The number of carbonyl (C=O) groups is 4. The number of aliphatic hydroxyl groups excluding tert-OH is 3. The fourth-order valence-corrected chi connectivity index (χ4v) is 6.03. The first kappa shape index (κ1) is 43.5. The molecule has 0 saturated carbocycles. The number of aromatic nitrogens is 2. The van der Waals surface area contributed by atoms with Gasteiger partial charge in [0.2, 0.25) is 12.4 Å². The maximum absolute atomic E-state index is 13.0. The number of esters is 4. The molecular weight excluding hydrogens is 780 g/mol. The summed E-state index contributed by atoms with van der Waals surface area (Å²) in [5, 5.41) is 39.9. The minimum absolute atomic E-state index is 0.0156. The summed E-state index contributed by atoms with van der Waals surface area (Å²) in [6.07, 6.45) is -11.0. The number of nitrogens with two attached hydrogens (primary N) is 1. The van der Waals surface area contributed by atoms with E-state index < -0.39 is 95.8 Å². The van der Waals surface area contributed by atoms with Crippen LogP contribution in [0.2, 0.25) is 0 Å². The van der Waals surface area contributed by atoms with Crippen molar-refractivity contribution in [2.45, 2.75) is 82.1 Å². The zero-order valence-electron chi connectivity index (χ0n) is 31.6. The van der Waals surface area contributed by atoms with E-state index in [2.05, 4.69) is 4.98 Å². The number of anilines is 1. The molecule has 2 saturated heterocycles. The van der Waals surface area contributed by atoms with Crippen LogP contribution in [0.4, 0.5) is 11.5 Å². The lowest BCUT2D eigenvalue weighted by molar-refractivity contribution is -0.384. The molecule has 2 aliphatic rings. The van der Waals surface area contributed by atoms with Crippen molar-refractivity contribution >= 4 is 35.4 Å². The molecule has 3 heterocycles. The van der Waals surface area contributed by atoms with Crippen LogP contribution in [0.3, 0.4) is 0 Å². The number of nitro benzene ring substituents is 1. The first-order valence-corrected chi connectivity index (χ1v) is 17.9. The smallest absolute Gasteiger partial charge is 0.351 e. The average Bonchev–Trinajstić information content (AvgIpc) is 3.69. The molecule has 6 rings (SSSR count). The van der Waals surface area contributed by atoms with Crippen molar-refractivity contribution < 1.29 is 67.8 Å². The minimum Gasteiger partial charge on any atom is -0.456 e. The Balaban J connectivity index is 0.000000305. The number of ether oxygens (including phenoxy) is 6. The predicted molar refractivity (Wildman–Crippen MR) is 200 cm³/mol. The highest BCUT2D eigenvalue weighted by Gasteiger charge is 2.54. The molecule has 0 amide bonds. The van der Waals surface area contributed by atoms with Gasteiger partial charge in [-0.05, 0) is 56.3 Å². The van der Waals surface area contributed by atoms with Crippen LogP contribution in [0, 0.1) is 10.1 Å². The lowest BCUT2D eigenvalue weighted by Crippen LogP contribution is -2.45. The van der Waals surface area contributed by atoms with E-state index in [-0.39, 0.29) is 28.2 Å². The summed E-state index contributed by atoms with van der Waals surface area (Å²) in [5.74, 6) is -3.15. The monoisotopic (exact) mass is 820 g/mol. The molecule has 0 spiro atoms. The number of nitro groups is 1. The molecule has 2 fully saturated rings. The van der Waals surface area contributed by atoms with Crippen molar-refractivity contribution in [2.24, 2.45) is 0 Å². The lowest BCUT2D eigenvalue weighted by Gasteiger charge is -2.26. The third kappa shape index (κ3) is 10.7. The fraction of sp³-hybridized carbons (Fsp3) is 0.333. The highest BCUT2D eigenvalue weighted by Crippen LogP contribution is 2.33. The fourth-order valence-electron chi connectivity index (χ4n) is 6.03. The molecule has 20 heteroatoms. The Labute approximate surface area is 334 Å². The maximum Gasteiger partial charge on any atom is 0.351 e. The van der Waals surface area contributed by atoms with Gasteiger partial charge in [-0.25, -0.2) is 19.2 Å². The highest BCUT2D eigenvalue weighted by molar-refractivity contribution is 5.91. The van der Waals surface area contributed by atoms with E-state index in [4.69, 9.17) is 34.2 Å². The summed E-state index contributed by atoms with van der Waals surface area (Å²) in [6.45, 7) is 3.99. The number of rotatable bonds is 11. The van der Waals surface area contributed by atoms with Gasteiger partial charge >= 0.3 is 29.6 Å². The van der Waals surface area contributed by atoms with Crippen LogP contribution < -0.4 is 11.4 Å². The normalized spacial score (nSPS) is 24.4. The second-order valence-corrected chi connectivity index (χ2v) is 13.2. The summed E-state index contributed by atoms with van der Waals surface area (Å²) in [4.78, 5) is 76.1. The minimum atomic E-state index is -1.50. The van der Waals surface area contributed by atoms with Gasteiger partial charge in [0.05, 0.1) is 27.7 Å². The molecule has 59 heavy (non-hydrogen) atoms. The zero-order chi connectivity index (χ0) is 43.0. The number of benzene rings is 3. The van der Waals surface area contributed by atoms with Gasteiger partial charge in [0.25, 0.3) is 5.69 Å². The molecule has 0 bridgehead atoms. The summed E-state index contributed by atoms with van der Waals surface area (Å²) < 4.78 is 34.3. The molecule has 5 N–H and O–H groups in total. The molecule has 2 aliphatic heterocycles.